The molecule has 0 aliphatic heterocycles. The number of nitrogens with zero attached hydrogens (tertiary/aromatic N) is 2. The molecule has 0 amide bonds. The Hall–Kier alpha value is -0.470. The summed E-state index contributed by atoms with van der Waals surface area (Å²) in [5, 5.41) is 9.71. The first-order valence-corrected chi connectivity index (χ1v) is 9.74. The maximum atomic E-state index is 11.7. The van der Waals surface area contributed by atoms with E-state index >= 15 is 0 Å². The summed E-state index contributed by atoms with van der Waals surface area (Å²) < 4.78 is 29.6. The van der Waals surface area contributed by atoms with Gasteiger partial charge < -0.3 is 0 Å². The topological polar surface area (TPSA) is 72.1 Å². The van der Waals surface area contributed by atoms with Crippen LogP contribution in [-0.4, -0.2) is 12.4 Å². The van der Waals surface area contributed by atoms with Crippen LogP contribution in [0.15, 0.2) is 23.1 Å². The van der Waals surface area contributed by atoms with Gasteiger partial charge in [0.05, 0.1) is 5.52 Å². The molecule has 114 valence electrons. The van der Waals surface area contributed by atoms with Crippen LogP contribution in [0.2, 0.25) is 0 Å². The standard InChI is InChI=1S/C10H6ClIN2O3S2.C2H6/c1-6-2-7-4-8(5-13)14(18-17-12)10(7)9(3-6)19(11,15)16;1-2/h2-4H,1H3;1-2H3. The Morgan fingerprint density at radius 2 is 2.00 bits per heavy atom. The molecule has 0 N–H and O–H groups in total. The van der Waals surface area contributed by atoms with Crippen LogP contribution in [0.1, 0.15) is 25.1 Å². The van der Waals surface area contributed by atoms with Gasteiger partial charge in [-0.25, -0.2) is 14.9 Å². The van der Waals surface area contributed by atoms with Crippen molar-refractivity contribution in [3.05, 3.63) is 29.5 Å². The van der Waals surface area contributed by atoms with E-state index in [0.29, 0.717) is 10.9 Å². The van der Waals surface area contributed by atoms with Gasteiger partial charge in [-0.2, -0.15) is 5.26 Å². The second kappa shape index (κ2) is 7.69. The fraction of sp³-hybridized carbons (Fsp3) is 0.250. The second-order valence-electron chi connectivity index (χ2n) is 3.71. The highest BCUT2D eigenvalue weighted by atomic mass is 127. The first kappa shape index (κ1) is 18.6. The molecular weight excluding hydrogens is 447 g/mol. The second-order valence-corrected chi connectivity index (χ2v) is 7.97. The molecule has 0 unspecified atom stereocenters. The SMILES string of the molecule is CC.Cc1cc(S(=O)(=O)Cl)c2c(c1)cc(C#N)n2SOI. The molecule has 0 spiro atoms. The highest BCUT2D eigenvalue weighted by Crippen LogP contribution is 2.33. The first-order chi connectivity index (χ1) is 9.88. The highest BCUT2D eigenvalue weighted by molar-refractivity contribution is 14.1. The van der Waals surface area contributed by atoms with Crippen LogP contribution >= 0.6 is 45.9 Å². The van der Waals surface area contributed by atoms with E-state index in [1.165, 1.54) is 10.0 Å². The predicted octanol–water partition coefficient (Wildman–Crippen LogP) is 4.55. The molecule has 0 saturated heterocycles. The number of fused-ring (bicyclic) bond motifs is 1. The van der Waals surface area contributed by atoms with E-state index < -0.39 is 9.05 Å². The normalized spacial score (nSPS) is 10.9. The molecule has 1 heterocycles. The molecule has 0 atom stereocenters. The van der Waals surface area contributed by atoms with E-state index in [9.17, 15) is 8.42 Å². The van der Waals surface area contributed by atoms with Gasteiger partial charge in [0.15, 0.2) is 0 Å². The zero-order chi connectivity index (χ0) is 16.2. The molecule has 0 aliphatic rings. The third-order valence-corrected chi connectivity index (χ3v) is 4.85. The van der Waals surface area contributed by atoms with Crippen molar-refractivity contribution in [2.24, 2.45) is 0 Å². The van der Waals surface area contributed by atoms with Crippen molar-refractivity contribution in [1.82, 2.24) is 3.97 Å². The Labute approximate surface area is 146 Å². The Kier molecular flexibility index (Phi) is 6.80. The fourth-order valence-electron chi connectivity index (χ4n) is 1.80. The number of benzene rings is 1. The van der Waals surface area contributed by atoms with Crippen molar-refractivity contribution in [2.45, 2.75) is 25.7 Å². The van der Waals surface area contributed by atoms with E-state index in [1.54, 1.807) is 42.1 Å². The van der Waals surface area contributed by atoms with Gasteiger partial charge in [-0.1, -0.05) is 13.8 Å². The smallest absolute Gasteiger partial charge is 0.249 e. The number of hydrogen-bond acceptors (Lipinski definition) is 5. The van der Waals surface area contributed by atoms with Crippen molar-refractivity contribution in [3.63, 3.8) is 0 Å². The molecule has 1 aromatic carbocycles. The average Bonchev–Trinajstić information content (AvgIpc) is 2.77. The van der Waals surface area contributed by atoms with Crippen molar-refractivity contribution in [2.75, 3.05) is 0 Å². The molecule has 21 heavy (non-hydrogen) atoms. The third kappa shape index (κ3) is 4.04. The molecule has 0 bridgehead atoms. The van der Waals surface area contributed by atoms with Gasteiger partial charge in [-0.15, -0.1) is 0 Å². The quantitative estimate of drug-likeness (QED) is 0.383. The van der Waals surface area contributed by atoms with Gasteiger partial charge >= 0.3 is 0 Å². The molecule has 9 heteroatoms. The van der Waals surface area contributed by atoms with Gasteiger partial charge in [0, 0.05) is 16.1 Å². The number of hydrogen-bond donors (Lipinski definition) is 0. The molecule has 1 aromatic heterocycles. The maximum absolute atomic E-state index is 11.7. The van der Waals surface area contributed by atoms with Gasteiger partial charge in [0.1, 0.15) is 51.9 Å². The van der Waals surface area contributed by atoms with Crippen molar-refractivity contribution >= 4 is 65.9 Å². The molecular formula is C12H12ClIN2O3S2. The van der Waals surface area contributed by atoms with Crippen LogP contribution in [-0.2, 0) is 11.6 Å². The summed E-state index contributed by atoms with van der Waals surface area (Å²) in [5.74, 6) is 0. The van der Waals surface area contributed by atoms with Crippen molar-refractivity contribution < 1.29 is 10.9 Å². The lowest BCUT2D eigenvalue weighted by atomic mass is 10.2. The fourth-order valence-corrected chi connectivity index (χ4v) is 3.96. The molecule has 5 nitrogen and oxygen atoms in total. The summed E-state index contributed by atoms with van der Waals surface area (Å²) in [6, 6.07) is 6.83. The van der Waals surface area contributed by atoms with Crippen LogP contribution in [0.25, 0.3) is 10.9 Å². The van der Waals surface area contributed by atoms with Crippen LogP contribution in [0.5, 0.6) is 0 Å². The van der Waals surface area contributed by atoms with Gasteiger partial charge in [-0.3, -0.25) is 0 Å². The number of rotatable bonds is 3. The number of aromatic nitrogens is 1. The van der Waals surface area contributed by atoms with E-state index in [-0.39, 0.29) is 10.6 Å². The Balaban J connectivity index is 0.00000106. The van der Waals surface area contributed by atoms with Crippen molar-refractivity contribution in [3.8, 4) is 6.07 Å². The molecule has 0 fully saturated rings. The predicted molar refractivity (Wildman–Crippen MR) is 93.9 cm³/mol. The highest BCUT2D eigenvalue weighted by Gasteiger charge is 2.21. The minimum atomic E-state index is -3.92. The number of halogens is 2. The minimum absolute atomic E-state index is 0.0355. The van der Waals surface area contributed by atoms with Gasteiger partial charge in [-0.05, 0) is 30.7 Å². The number of nitriles is 1. The molecule has 0 aliphatic carbocycles. The number of aryl methyl sites for hydroxylation is 1. The summed E-state index contributed by atoms with van der Waals surface area (Å²) in [6.45, 7) is 5.76. The van der Waals surface area contributed by atoms with Crippen LogP contribution < -0.4 is 0 Å². The van der Waals surface area contributed by atoms with Crippen LogP contribution in [0.4, 0.5) is 0 Å². The maximum Gasteiger partial charge on any atom is 0.263 e. The lowest BCUT2D eigenvalue weighted by molar-refractivity contribution is 0.610. The third-order valence-electron chi connectivity index (χ3n) is 2.44. The van der Waals surface area contributed by atoms with Crippen LogP contribution in [0.3, 0.4) is 0 Å². The van der Waals surface area contributed by atoms with Gasteiger partial charge in [0.2, 0.25) is 0 Å². The molecule has 0 saturated carbocycles. The lowest BCUT2D eigenvalue weighted by Crippen LogP contribution is -1.98. The van der Waals surface area contributed by atoms with E-state index in [0.717, 1.165) is 17.8 Å². The summed E-state index contributed by atoms with van der Waals surface area (Å²) in [5.41, 5.74) is 1.37. The Bertz CT molecular complexity index is 797. The Morgan fingerprint density at radius 3 is 2.48 bits per heavy atom. The summed E-state index contributed by atoms with van der Waals surface area (Å²) in [6.07, 6.45) is 0. The molecule has 2 rings (SSSR count). The largest absolute Gasteiger partial charge is 0.263 e. The van der Waals surface area contributed by atoms with E-state index in [4.69, 9.17) is 18.5 Å². The van der Waals surface area contributed by atoms with Crippen molar-refractivity contribution in [1.29, 1.82) is 5.26 Å². The lowest BCUT2D eigenvalue weighted by Gasteiger charge is -2.06. The van der Waals surface area contributed by atoms with E-state index in [2.05, 4.69) is 0 Å². The summed E-state index contributed by atoms with van der Waals surface area (Å²) >= 11 is 2.50. The van der Waals surface area contributed by atoms with Crippen LogP contribution in [0, 0.1) is 18.3 Å². The van der Waals surface area contributed by atoms with E-state index in [1.807, 2.05) is 19.9 Å². The molecule has 2 aromatic rings. The first-order valence-electron chi connectivity index (χ1n) is 5.85. The molecule has 0 radical (unpaired) electrons. The summed E-state index contributed by atoms with van der Waals surface area (Å²) in [7, 11) is 1.54. The zero-order valence-corrected chi connectivity index (χ0v) is 16.0. The average molecular weight is 459 g/mol. The summed E-state index contributed by atoms with van der Waals surface area (Å²) in [4.78, 5) is -0.0355. The zero-order valence-electron chi connectivity index (χ0n) is 11.4. The van der Waals surface area contributed by atoms with Gasteiger partial charge in [0.25, 0.3) is 9.05 Å². The minimum Gasteiger partial charge on any atom is -0.249 e. The monoisotopic (exact) mass is 458 g/mol. The Morgan fingerprint density at radius 1 is 1.38 bits per heavy atom.